The van der Waals surface area contributed by atoms with Crippen LogP contribution in [0.2, 0.25) is 0 Å². The molecule has 0 rings (SSSR count). The van der Waals surface area contributed by atoms with Gasteiger partial charge in [0, 0.05) is 0 Å². The highest BCUT2D eigenvalue weighted by Gasteiger charge is 2.44. The van der Waals surface area contributed by atoms with Crippen LogP contribution in [0.1, 0.15) is 45.4 Å². The normalized spacial score (nSPS) is 13.1. The lowest BCUT2D eigenvalue weighted by molar-refractivity contribution is -0.0435. The molecule has 0 aliphatic rings. The van der Waals surface area contributed by atoms with Gasteiger partial charge in [-0.1, -0.05) is 39.0 Å². The van der Waals surface area contributed by atoms with Crippen LogP contribution in [-0.4, -0.2) is 19.7 Å². The van der Waals surface area contributed by atoms with Crippen molar-refractivity contribution in [3.8, 4) is 0 Å². The Balaban J connectivity index is 3.69. The molecule has 6 heteroatoms. The first-order valence-corrected chi connectivity index (χ1v) is 6.75. The van der Waals surface area contributed by atoms with Gasteiger partial charge in [0.05, 0.1) is 5.75 Å². The van der Waals surface area contributed by atoms with Crippen LogP contribution in [-0.2, 0) is 9.84 Å². The Morgan fingerprint density at radius 3 is 1.87 bits per heavy atom. The van der Waals surface area contributed by atoms with Crippen molar-refractivity contribution in [3.63, 3.8) is 0 Å². The van der Waals surface area contributed by atoms with Gasteiger partial charge < -0.3 is 0 Å². The molecule has 0 N–H and O–H groups in total. The average Bonchev–Trinajstić information content (AvgIpc) is 2.09. The highest BCUT2D eigenvalue weighted by Crippen LogP contribution is 2.24. The molecular weight excluding hydrogens is 229 g/mol. The minimum Gasteiger partial charge on any atom is -0.220 e. The van der Waals surface area contributed by atoms with E-state index < -0.39 is 21.1 Å². The van der Waals surface area contributed by atoms with E-state index in [1.165, 1.54) is 0 Å². The minimum absolute atomic E-state index is 0.103. The Morgan fingerprint density at radius 2 is 1.40 bits per heavy atom. The van der Waals surface area contributed by atoms with Crippen molar-refractivity contribution in [1.82, 2.24) is 0 Å². The van der Waals surface area contributed by atoms with E-state index in [0.717, 1.165) is 25.7 Å². The van der Waals surface area contributed by atoms with Crippen molar-refractivity contribution < 1.29 is 21.6 Å². The van der Waals surface area contributed by atoms with Gasteiger partial charge in [-0.05, 0) is 6.42 Å². The molecule has 0 aromatic rings. The lowest BCUT2D eigenvalue weighted by atomic mass is 10.1. The molecule has 0 saturated heterocycles. The first-order valence-electron chi connectivity index (χ1n) is 5.10. The molecule has 15 heavy (non-hydrogen) atoms. The Hall–Kier alpha value is -0.260. The van der Waals surface area contributed by atoms with E-state index in [-0.39, 0.29) is 6.42 Å². The van der Waals surface area contributed by atoms with Crippen molar-refractivity contribution in [3.05, 3.63) is 0 Å². The fourth-order valence-corrected chi connectivity index (χ4v) is 2.00. The quantitative estimate of drug-likeness (QED) is 0.646. The summed E-state index contributed by atoms with van der Waals surface area (Å²) in [6, 6.07) is 0. The molecule has 0 aromatic carbocycles. The van der Waals surface area contributed by atoms with Gasteiger partial charge in [0.2, 0.25) is 9.84 Å². The maximum absolute atomic E-state index is 11.9. The summed E-state index contributed by atoms with van der Waals surface area (Å²) in [6.45, 7) is 2.04. The number of hydrogen-bond donors (Lipinski definition) is 0. The van der Waals surface area contributed by atoms with Crippen molar-refractivity contribution in [2.45, 2.75) is 51.0 Å². The molecule has 0 unspecified atom stereocenters. The van der Waals surface area contributed by atoms with E-state index in [1.54, 1.807) is 0 Å². The predicted octanol–water partition coefficient (Wildman–Crippen LogP) is 3.28. The molecule has 0 atom stereocenters. The van der Waals surface area contributed by atoms with Crippen molar-refractivity contribution in [2.75, 3.05) is 5.75 Å². The van der Waals surface area contributed by atoms with Crippen molar-refractivity contribution in [1.29, 1.82) is 0 Å². The first-order chi connectivity index (χ1) is 6.81. The number of halogens is 3. The van der Waals surface area contributed by atoms with Crippen LogP contribution in [0.3, 0.4) is 0 Å². The van der Waals surface area contributed by atoms with Gasteiger partial charge in [-0.2, -0.15) is 13.2 Å². The zero-order valence-electron chi connectivity index (χ0n) is 8.81. The first kappa shape index (κ1) is 14.7. The Kier molecular flexibility index (Phi) is 6.24. The second-order valence-corrected chi connectivity index (χ2v) is 5.63. The van der Waals surface area contributed by atoms with Gasteiger partial charge >= 0.3 is 5.51 Å². The number of sulfone groups is 1. The van der Waals surface area contributed by atoms with Gasteiger partial charge in [0.15, 0.2) is 0 Å². The molecule has 0 spiro atoms. The Labute approximate surface area is 88.8 Å². The molecule has 0 aliphatic heterocycles. The summed E-state index contributed by atoms with van der Waals surface area (Å²) in [5.41, 5.74) is -5.09. The highest BCUT2D eigenvalue weighted by molar-refractivity contribution is 7.92. The molecule has 0 aliphatic carbocycles. The third-order valence-electron chi connectivity index (χ3n) is 2.12. The van der Waals surface area contributed by atoms with Gasteiger partial charge in [-0.25, -0.2) is 8.42 Å². The third-order valence-corrected chi connectivity index (χ3v) is 3.65. The van der Waals surface area contributed by atoms with Gasteiger partial charge in [0.25, 0.3) is 0 Å². The van der Waals surface area contributed by atoms with E-state index in [1.807, 2.05) is 6.92 Å². The summed E-state index contributed by atoms with van der Waals surface area (Å²) in [5, 5.41) is 0. The largest absolute Gasteiger partial charge is 0.497 e. The van der Waals surface area contributed by atoms with Gasteiger partial charge in [0.1, 0.15) is 0 Å². The summed E-state index contributed by atoms with van der Waals surface area (Å²) in [7, 11) is -4.89. The highest BCUT2D eigenvalue weighted by atomic mass is 32.2. The fourth-order valence-electron chi connectivity index (χ4n) is 1.19. The molecule has 0 saturated carbocycles. The molecule has 2 nitrogen and oxygen atoms in total. The molecule has 0 amide bonds. The van der Waals surface area contributed by atoms with Gasteiger partial charge in [-0.3, -0.25) is 0 Å². The Bertz CT molecular complexity index is 257. The van der Waals surface area contributed by atoms with E-state index in [0.29, 0.717) is 6.42 Å². The molecule has 0 fully saturated rings. The minimum atomic E-state index is -5.09. The SMILES string of the molecule is CCCCCCCCS(=O)(=O)C(F)(F)F. The summed E-state index contributed by atoms with van der Waals surface area (Å²) < 4.78 is 56.9. The molecule has 0 radical (unpaired) electrons. The van der Waals surface area contributed by atoms with Crippen LogP contribution in [0.4, 0.5) is 13.2 Å². The smallest absolute Gasteiger partial charge is 0.220 e. The number of hydrogen-bond acceptors (Lipinski definition) is 2. The third kappa shape index (κ3) is 6.02. The van der Waals surface area contributed by atoms with E-state index in [2.05, 4.69) is 0 Å². The molecule has 0 bridgehead atoms. The van der Waals surface area contributed by atoms with Crippen LogP contribution in [0, 0.1) is 0 Å². The predicted molar refractivity (Wildman–Crippen MR) is 53.2 cm³/mol. The van der Waals surface area contributed by atoms with E-state index in [9.17, 15) is 21.6 Å². The second-order valence-electron chi connectivity index (χ2n) is 3.53. The van der Waals surface area contributed by atoms with Crippen molar-refractivity contribution >= 4 is 9.84 Å². The summed E-state index contributed by atoms with van der Waals surface area (Å²) >= 11 is 0. The zero-order chi connectivity index (χ0) is 11.9. The zero-order valence-corrected chi connectivity index (χ0v) is 9.62. The molecule has 0 heterocycles. The lowest BCUT2D eigenvalue weighted by Crippen LogP contribution is -2.26. The lowest BCUT2D eigenvalue weighted by Gasteiger charge is -2.07. The van der Waals surface area contributed by atoms with Crippen LogP contribution >= 0.6 is 0 Å². The average molecular weight is 246 g/mol. The van der Waals surface area contributed by atoms with E-state index in [4.69, 9.17) is 0 Å². The topological polar surface area (TPSA) is 34.1 Å². The van der Waals surface area contributed by atoms with E-state index >= 15 is 0 Å². The maximum Gasteiger partial charge on any atom is 0.497 e. The summed E-state index contributed by atoms with van der Waals surface area (Å²) in [6.07, 6.45) is 4.53. The van der Waals surface area contributed by atoms with Crippen LogP contribution in [0.15, 0.2) is 0 Å². The summed E-state index contributed by atoms with van der Waals surface area (Å²) in [5.74, 6) is -0.775. The molecule has 92 valence electrons. The molecule has 0 aromatic heterocycles. The number of rotatable bonds is 7. The number of unbranched alkanes of at least 4 members (excludes halogenated alkanes) is 5. The number of alkyl halides is 3. The Morgan fingerprint density at radius 1 is 0.933 bits per heavy atom. The maximum atomic E-state index is 11.9. The second kappa shape index (κ2) is 6.35. The standard InChI is InChI=1S/C9H17F3O2S/c1-2-3-4-5-6-7-8-15(13,14)9(10,11)12/h2-8H2,1H3. The van der Waals surface area contributed by atoms with Gasteiger partial charge in [-0.15, -0.1) is 0 Å². The van der Waals surface area contributed by atoms with Crippen molar-refractivity contribution in [2.24, 2.45) is 0 Å². The summed E-state index contributed by atoms with van der Waals surface area (Å²) in [4.78, 5) is 0. The fraction of sp³-hybridized carbons (Fsp3) is 1.00. The molecular formula is C9H17F3O2S. The van der Waals surface area contributed by atoms with Crippen LogP contribution in [0.5, 0.6) is 0 Å². The van der Waals surface area contributed by atoms with Crippen LogP contribution < -0.4 is 0 Å². The van der Waals surface area contributed by atoms with Crippen LogP contribution in [0.25, 0.3) is 0 Å². The monoisotopic (exact) mass is 246 g/mol.